The summed E-state index contributed by atoms with van der Waals surface area (Å²) in [6, 6.07) is 18.9. The van der Waals surface area contributed by atoms with Crippen LogP contribution in [0.1, 0.15) is 46.2 Å². The second-order valence-corrected chi connectivity index (χ2v) is 7.19. The Bertz CT molecular complexity index is 581. The lowest BCUT2D eigenvalue weighted by atomic mass is 9.91. The molecule has 0 aliphatic carbocycles. The Morgan fingerprint density at radius 1 is 0.818 bits per heavy atom. The Labute approximate surface area is 134 Å². The van der Waals surface area contributed by atoms with Crippen LogP contribution in [0.25, 0.3) is 11.1 Å². The molecule has 2 aromatic carbocycles. The summed E-state index contributed by atoms with van der Waals surface area (Å²) in [6.07, 6.45) is 0. The van der Waals surface area contributed by atoms with Gasteiger partial charge >= 0.3 is 0 Å². The lowest BCUT2D eigenvalue weighted by molar-refractivity contribution is -0.199. The van der Waals surface area contributed by atoms with Crippen LogP contribution in [0.4, 0.5) is 0 Å². The quantitative estimate of drug-likeness (QED) is 0.749. The van der Waals surface area contributed by atoms with Crippen molar-refractivity contribution in [2.24, 2.45) is 5.92 Å². The fourth-order valence-electron chi connectivity index (χ4n) is 2.73. The minimum atomic E-state index is -0.285. The molecule has 2 aromatic rings. The van der Waals surface area contributed by atoms with Gasteiger partial charge < -0.3 is 5.21 Å². The lowest BCUT2D eigenvalue weighted by Gasteiger charge is -2.38. The van der Waals surface area contributed by atoms with Crippen LogP contribution < -0.4 is 0 Å². The van der Waals surface area contributed by atoms with Crippen LogP contribution in [0.15, 0.2) is 54.6 Å². The van der Waals surface area contributed by atoms with Crippen molar-refractivity contribution in [2.45, 2.75) is 46.2 Å². The van der Waals surface area contributed by atoms with Gasteiger partial charge in [-0.2, -0.15) is 5.06 Å². The maximum absolute atomic E-state index is 10.6. The third kappa shape index (κ3) is 3.76. The Balaban J connectivity index is 2.31. The van der Waals surface area contributed by atoms with Crippen molar-refractivity contribution in [1.29, 1.82) is 0 Å². The van der Waals surface area contributed by atoms with Crippen LogP contribution in [0.2, 0.25) is 0 Å². The van der Waals surface area contributed by atoms with Crippen LogP contribution in [0, 0.1) is 5.92 Å². The molecule has 0 heterocycles. The zero-order valence-corrected chi connectivity index (χ0v) is 14.2. The Hall–Kier alpha value is -1.64. The maximum Gasteiger partial charge on any atom is 0.0628 e. The van der Waals surface area contributed by atoms with Gasteiger partial charge in [-0.3, -0.25) is 0 Å². The second-order valence-electron chi connectivity index (χ2n) is 7.19. The zero-order chi connectivity index (χ0) is 16.3. The molecule has 0 aliphatic rings. The molecule has 22 heavy (non-hydrogen) atoms. The van der Waals surface area contributed by atoms with Gasteiger partial charge in [-0.05, 0) is 43.4 Å². The summed E-state index contributed by atoms with van der Waals surface area (Å²) in [5.74, 6) is 0.326. The second kappa shape index (κ2) is 6.64. The summed E-state index contributed by atoms with van der Waals surface area (Å²) in [6.45, 7) is 10.4. The largest absolute Gasteiger partial charge is 0.313 e. The molecule has 0 bridgehead atoms. The molecule has 2 heteroatoms. The molecule has 0 saturated heterocycles. The van der Waals surface area contributed by atoms with Crippen LogP contribution in [-0.4, -0.2) is 15.8 Å². The molecule has 118 valence electrons. The third-order valence-electron chi connectivity index (χ3n) is 3.94. The summed E-state index contributed by atoms with van der Waals surface area (Å²) in [5.41, 5.74) is 3.28. The smallest absolute Gasteiger partial charge is 0.0628 e. The molecule has 2 nitrogen and oxygen atoms in total. The van der Waals surface area contributed by atoms with Crippen molar-refractivity contribution >= 4 is 0 Å². The van der Waals surface area contributed by atoms with Crippen molar-refractivity contribution in [1.82, 2.24) is 5.06 Å². The van der Waals surface area contributed by atoms with Gasteiger partial charge in [-0.15, -0.1) is 0 Å². The number of rotatable bonds is 4. The lowest BCUT2D eigenvalue weighted by Crippen LogP contribution is -2.43. The number of nitrogens with zero attached hydrogens (tertiary/aromatic N) is 1. The average Bonchev–Trinajstić information content (AvgIpc) is 2.48. The highest BCUT2D eigenvalue weighted by atomic mass is 16.5. The van der Waals surface area contributed by atoms with E-state index in [0.29, 0.717) is 5.92 Å². The van der Waals surface area contributed by atoms with Crippen molar-refractivity contribution in [3.8, 4) is 11.1 Å². The Kier molecular flexibility index (Phi) is 5.05. The van der Waals surface area contributed by atoms with E-state index in [0.717, 1.165) is 5.56 Å². The maximum atomic E-state index is 10.6. The van der Waals surface area contributed by atoms with E-state index < -0.39 is 0 Å². The van der Waals surface area contributed by atoms with E-state index in [1.165, 1.54) is 16.2 Å². The van der Waals surface area contributed by atoms with E-state index in [1.54, 1.807) is 0 Å². The highest BCUT2D eigenvalue weighted by Gasteiger charge is 2.30. The molecule has 0 fully saturated rings. The highest BCUT2D eigenvalue weighted by Crippen LogP contribution is 2.33. The molecule has 0 aliphatic heterocycles. The molecule has 1 atom stereocenters. The summed E-state index contributed by atoms with van der Waals surface area (Å²) >= 11 is 0. The van der Waals surface area contributed by atoms with Crippen LogP contribution in [-0.2, 0) is 0 Å². The van der Waals surface area contributed by atoms with E-state index in [2.05, 4.69) is 62.4 Å². The SMILES string of the molecule is CC(C)C(c1ccc(-c2ccccc2)cc1)N(O)C(C)(C)C. The molecular weight excluding hydrogens is 270 g/mol. The topological polar surface area (TPSA) is 23.5 Å². The van der Waals surface area contributed by atoms with Gasteiger partial charge in [0.1, 0.15) is 0 Å². The predicted molar refractivity (Wildman–Crippen MR) is 92.8 cm³/mol. The van der Waals surface area contributed by atoms with Gasteiger partial charge in [0.15, 0.2) is 0 Å². The van der Waals surface area contributed by atoms with E-state index in [9.17, 15) is 5.21 Å². The predicted octanol–water partition coefficient (Wildman–Crippen LogP) is 5.54. The van der Waals surface area contributed by atoms with Gasteiger partial charge in [0, 0.05) is 5.54 Å². The van der Waals surface area contributed by atoms with Gasteiger partial charge in [0.2, 0.25) is 0 Å². The third-order valence-corrected chi connectivity index (χ3v) is 3.94. The molecular formula is C20H27NO. The molecule has 1 N–H and O–H groups in total. The standard InChI is InChI=1S/C20H27NO/c1-15(2)19(21(22)20(3,4)5)18-13-11-17(12-14-18)16-9-7-6-8-10-16/h6-15,19,22H,1-5H3. The van der Waals surface area contributed by atoms with Gasteiger partial charge in [0.05, 0.1) is 6.04 Å². The van der Waals surface area contributed by atoms with E-state index in [1.807, 2.05) is 26.8 Å². The molecule has 0 aromatic heterocycles. The highest BCUT2D eigenvalue weighted by molar-refractivity contribution is 5.63. The Morgan fingerprint density at radius 3 is 1.77 bits per heavy atom. The summed E-state index contributed by atoms with van der Waals surface area (Å²) < 4.78 is 0. The van der Waals surface area contributed by atoms with Crippen LogP contribution in [0.5, 0.6) is 0 Å². The minimum Gasteiger partial charge on any atom is -0.313 e. The zero-order valence-electron chi connectivity index (χ0n) is 14.2. The van der Waals surface area contributed by atoms with Gasteiger partial charge in [-0.1, -0.05) is 68.4 Å². The number of hydrogen-bond donors (Lipinski definition) is 1. The first-order valence-electron chi connectivity index (χ1n) is 7.94. The first-order chi connectivity index (χ1) is 10.3. The molecule has 0 radical (unpaired) electrons. The fraction of sp³-hybridized carbons (Fsp3) is 0.400. The van der Waals surface area contributed by atoms with Crippen molar-refractivity contribution in [3.63, 3.8) is 0 Å². The average molecular weight is 297 g/mol. The minimum absolute atomic E-state index is 0.00942. The normalized spacial score (nSPS) is 13.6. The molecule has 2 rings (SSSR count). The van der Waals surface area contributed by atoms with Crippen LogP contribution >= 0.6 is 0 Å². The van der Waals surface area contributed by atoms with E-state index in [-0.39, 0.29) is 11.6 Å². The Morgan fingerprint density at radius 2 is 1.32 bits per heavy atom. The summed E-state index contributed by atoms with van der Waals surface area (Å²) in [4.78, 5) is 0. The number of hydrogen-bond acceptors (Lipinski definition) is 2. The summed E-state index contributed by atoms with van der Waals surface area (Å²) in [7, 11) is 0. The van der Waals surface area contributed by atoms with E-state index >= 15 is 0 Å². The van der Waals surface area contributed by atoms with E-state index in [4.69, 9.17) is 0 Å². The molecule has 1 unspecified atom stereocenters. The number of hydroxylamine groups is 2. The number of benzene rings is 2. The van der Waals surface area contributed by atoms with Crippen LogP contribution in [0.3, 0.4) is 0 Å². The molecule has 0 spiro atoms. The first-order valence-corrected chi connectivity index (χ1v) is 7.94. The van der Waals surface area contributed by atoms with Crippen molar-refractivity contribution in [3.05, 3.63) is 60.2 Å². The molecule has 0 amide bonds. The molecule has 0 saturated carbocycles. The fourth-order valence-corrected chi connectivity index (χ4v) is 2.73. The van der Waals surface area contributed by atoms with Gasteiger partial charge in [0.25, 0.3) is 0 Å². The van der Waals surface area contributed by atoms with Crippen molar-refractivity contribution in [2.75, 3.05) is 0 Å². The monoisotopic (exact) mass is 297 g/mol. The summed E-state index contributed by atoms with van der Waals surface area (Å²) in [5, 5.41) is 12.1. The first kappa shape index (κ1) is 16.7. The van der Waals surface area contributed by atoms with Crippen molar-refractivity contribution < 1.29 is 5.21 Å². The van der Waals surface area contributed by atoms with Gasteiger partial charge in [-0.25, -0.2) is 0 Å².